The molecule has 1 atom stereocenters. The summed E-state index contributed by atoms with van der Waals surface area (Å²) in [5.74, 6) is -0.477. The second-order valence-electron chi connectivity index (χ2n) is 5.77. The van der Waals surface area contributed by atoms with E-state index in [1.54, 1.807) is 24.9 Å². The van der Waals surface area contributed by atoms with Gasteiger partial charge in [-0.05, 0) is 24.9 Å². The smallest absolute Gasteiger partial charge is 0.255 e. The average molecular weight is 281 g/mol. The summed E-state index contributed by atoms with van der Waals surface area (Å²) in [6, 6.07) is 0.948. The minimum absolute atomic E-state index is 0.150. The molecule has 3 N–H and O–H groups in total. The molecule has 0 saturated heterocycles. The minimum atomic E-state index is -0.601. The van der Waals surface area contributed by atoms with Crippen LogP contribution in [-0.2, 0) is 4.79 Å². The van der Waals surface area contributed by atoms with E-state index in [-0.39, 0.29) is 17.2 Å². The number of nitrogens with one attached hydrogen (secondary N) is 1. The van der Waals surface area contributed by atoms with Gasteiger partial charge in [0.1, 0.15) is 12.3 Å². The molecule has 112 valence electrons. The Hall–Kier alpha value is -1.82. The summed E-state index contributed by atoms with van der Waals surface area (Å²) >= 11 is 0. The van der Waals surface area contributed by atoms with Gasteiger partial charge in [-0.3, -0.25) is 9.59 Å². The van der Waals surface area contributed by atoms with Crippen molar-refractivity contribution in [1.82, 2.24) is 10.2 Å². The van der Waals surface area contributed by atoms with Crippen LogP contribution in [0.5, 0.6) is 0 Å². The Morgan fingerprint density at radius 2 is 2.15 bits per heavy atom. The number of carbonyl (C=O) groups excluding carboxylic acids is 2. The zero-order chi connectivity index (χ0) is 15.3. The van der Waals surface area contributed by atoms with Crippen molar-refractivity contribution in [3.05, 3.63) is 24.2 Å². The molecule has 1 aromatic heterocycles. The molecule has 1 aromatic rings. The zero-order valence-corrected chi connectivity index (χ0v) is 12.5. The first-order chi connectivity index (χ1) is 9.26. The third-order valence-electron chi connectivity index (χ3n) is 3.10. The van der Waals surface area contributed by atoms with Crippen molar-refractivity contribution in [2.75, 3.05) is 20.1 Å². The van der Waals surface area contributed by atoms with E-state index < -0.39 is 6.04 Å². The van der Waals surface area contributed by atoms with Gasteiger partial charge in [-0.15, -0.1) is 0 Å². The number of hydrogen-bond acceptors (Lipinski definition) is 4. The number of amides is 2. The fourth-order valence-electron chi connectivity index (χ4n) is 1.85. The van der Waals surface area contributed by atoms with E-state index in [1.807, 2.05) is 13.8 Å². The highest BCUT2D eigenvalue weighted by Crippen LogP contribution is 2.14. The molecule has 20 heavy (non-hydrogen) atoms. The summed E-state index contributed by atoms with van der Waals surface area (Å²) in [4.78, 5) is 25.6. The molecule has 0 aromatic carbocycles. The largest absolute Gasteiger partial charge is 0.472 e. The third-order valence-corrected chi connectivity index (χ3v) is 3.10. The Bertz CT molecular complexity index is 454. The van der Waals surface area contributed by atoms with Crippen LogP contribution in [-0.4, -0.2) is 42.9 Å². The van der Waals surface area contributed by atoms with Crippen molar-refractivity contribution in [3.63, 3.8) is 0 Å². The molecular formula is C14H23N3O3. The van der Waals surface area contributed by atoms with Crippen LogP contribution in [0.15, 0.2) is 23.0 Å². The number of nitrogens with two attached hydrogens (primary N) is 1. The average Bonchev–Trinajstić information content (AvgIpc) is 2.91. The summed E-state index contributed by atoms with van der Waals surface area (Å²) in [6.07, 6.45) is 2.76. The van der Waals surface area contributed by atoms with Crippen LogP contribution in [0.1, 0.15) is 31.1 Å². The highest BCUT2D eigenvalue weighted by molar-refractivity contribution is 5.97. The number of nitrogens with zero attached hydrogens (tertiary/aromatic N) is 1. The number of carbonyl (C=O) groups is 2. The van der Waals surface area contributed by atoms with E-state index in [2.05, 4.69) is 5.32 Å². The van der Waals surface area contributed by atoms with Gasteiger partial charge in [0.15, 0.2) is 0 Å². The number of rotatable bonds is 6. The van der Waals surface area contributed by atoms with Crippen molar-refractivity contribution in [2.24, 2.45) is 11.1 Å². The van der Waals surface area contributed by atoms with Gasteiger partial charge in [0.25, 0.3) is 5.91 Å². The maximum Gasteiger partial charge on any atom is 0.255 e. The molecule has 0 saturated carbocycles. The standard InChI is InChI=1S/C14H23N3O3/c1-10(16-12(18)11-5-6-20-7-11)13(19)17(4)9-14(2,3)8-15/h5-7,10H,8-9,15H2,1-4H3,(H,16,18). The second-order valence-corrected chi connectivity index (χ2v) is 5.77. The Labute approximate surface area is 119 Å². The van der Waals surface area contributed by atoms with Crippen molar-refractivity contribution in [1.29, 1.82) is 0 Å². The van der Waals surface area contributed by atoms with Gasteiger partial charge in [-0.25, -0.2) is 0 Å². The summed E-state index contributed by atoms with van der Waals surface area (Å²) < 4.78 is 4.84. The lowest BCUT2D eigenvalue weighted by Crippen LogP contribution is -2.48. The normalized spacial score (nSPS) is 12.8. The number of hydrogen-bond donors (Lipinski definition) is 2. The molecule has 6 nitrogen and oxygen atoms in total. The summed E-state index contributed by atoms with van der Waals surface area (Å²) in [7, 11) is 1.71. The summed E-state index contributed by atoms with van der Waals surface area (Å²) in [5.41, 5.74) is 5.90. The van der Waals surface area contributed by atoms with Gasteiger partial charge < -0.3 is 20.4 Å². The van der Waals surface area contributed by atoms with E-state index in [9.17, 15) is 9.59 Å². The third kappa shape index (κ3) is 4.38. The molecule has 0 spiro atoms. The van der Waals surface area contributed by atoms with Gasteiger partial charge in [-0.2, -0.15) is 0 Å². The molecule has 0 aliphatic heterocycles. The van der Waals surface area contributed by atoms with Crippen LogP contribution in [0.4, 0.5) is 0 Å². The van der Waals surface area contributed by atoms with Crippen LogP contribution in [0.3, 0.4) is 0 Å². The van der Waals surface area contributed by atoms with E-state index in [4.69, 9.17) is 10.2 Å². The molecule has 0 radical (unpaired) electrons. The Kier molecular flexibility index (Phi) is 5.33. The fourth-order valence-corrected chi connectivity index (χ4v) is 1.85. The van der Waals surface area contributed by atoms with E-state index in [0.717, 1.165) is 0 Å². The van der Waals surface area contributed by atoms with Gasteiger partial charge in [0, 0.05) is 13.6 Å². The molecule has 0 aliphatic carbocycles. The number of furan rings is 1. The summed E-state index contributed by atoms with van der Waals surface area (Å²) in [5, 5.41) is 2.65. The fraction of sp³-hybridized carbons (Fsp3) is 0.571. The van der Waals surface area contributed by atoms with Crippen molar-refractivity contribution in [2.45, 2.75) is 26.8 Å². The van der Waals surface area contributed by atoms with E-state index in [0.29, 0.717) is 18.7 Å². The quantitative estimate of drug-likeness (QED) is 0.808. The molecule has 0 bridgehead atoms. The van der Waals surface area contributed by atoms with Gasteiger partial charge in [0.05, 0.1) is 11.8 Å². The van der Waals surface area contributed by atoms with Crippen LogP contribution < -0.4 is 11.1 Å². The minimum Gasteiger partial charge on any atom is -0.472 e. The molecule has 6 heteroatoms. The lowest BCUT2D eigenvalue weighted by Gasteiger charge is -2.30. The van der Waals surface area contributed by atoms with Crippen LogP contribution in [0.25, 0.3) is 0 Å². The zero-order valence-electron chi connectivity index (χ0n) is 12.5. The van der Waals surface area contributed by atoms with Crippen molar-refractivity contribution in [3.8, 4) is 0 Å². The maximum atomic E-state index is 12.2. The second kappa shape index (κ2) is 6.56. The monoisotopic (exact) mass is 281 g/mol. The van der Waals surface area contributed by atoms with E-state index in [1.165, 1.54) is 12.5 Å². The molecule has 0 fully saturated rings. The molecule has 2 amide bonds. The van der Waals surface area contributed by atoms with Crippen molar-refractivity contribution >= 4 is 11.8 Å². The van der Waals surface area contributed by atoms with Gasteiger partial charge >= 0.3 is 0 Å². The van der Waals surface area contributed by atoms with Crippen LogP contribution in [0, 0.1) is 5.41 Å². The highest BCUT2D eigenvalue weighted by Gasteiger charge is 2.25. The van der Waals surface area contributed by atoms with Crippen LogP contribution >= 0.6 is 0 Å². The van der Waals surface area contributed by atoms with Gasteiger partial charge in [-0.1, -0.05) is 13.8 Å². The molecule has 1 rings (SSSR count). The molecule has 0 aliphatic rings. The Morgan fingerprint density at radius 3 is 2.65 bits per heavy atom. The lowest BCUT2D eigenvalue weighted by molar-refractivity contribution is -0.132. The Morgan fingerprint density at radius 1 is 1.50 bits per heavy atom. The first kappa shape index (κ1) is 16.2. The van der Waals surface area contributed by atoms with E-state index >= 15 is 0 Å². The Balaban J connectivity index is 2.56. The van der Waals surface area contributed by atoms with Crippen molar-refractivity contribution < 1.29 is 14.0 Å². The first-order valence-corrected chi connectivity index (χ1v) is 6.55. The highest BCUT2D eigenvalue weighted by atomic mass is 16.3. The predicted molar refractivity (Wildman–Crippen MR) is 76.1 cm³/mol. The molecular weight excluding hydrogens is 258 g/mol. The maximum absolute atomic E-state index is 12.2. The molecule has 1 unspecified atom stereocenters. The SMILES string of the molecule is CC(NC(=O)c1ccoc1)C(=O)N(C)CC(C)(C)CN. The van der Waals surface area contributed by atoms with Gasteiger partial charge in [0.2, 0.25) is 5.91 Å². The topological polar surface area (TPSA) is 88.6 Å². The summed E-state index contributed by atoms with van der Waals surface area (Å²) in [6.45, 7) is 6.66. The lowest BCUT2D eigenvalue weighted by atomic mass is 9.93. The van der Waals surface area contributed by atoms with Crippen LogP contribution in [0.2, 0.25) is 0 Å². The first-order valence-electron chi connectivity index (χ1n) is 6.55. The predicted octanol–water partition coefficient (Wildman–Crippen LogP) is 0.841. The molecule has 1 heterocycles. The number of likely N-dealkylation sites (N-methyl/N-ethyl adjacent to an activating group) is 1.